The van der Waals surface area contributed by atoms with Crippen LogP contribution in [0.5, 0.6) is 0 Å². The van der Waals surface area contributed by atoms with Crippen molar-refractivity contribution in [3.63, 3.8) is 0 Å². The number of ether oxygens (including phenoxy) is 1. The van der Waals surface area contributed by atoms with Gasteiger partial charge in [-0.05, 0) is 31.6 Å². The first kappa shape index (κ1) is 9.05. The van der Waals surface area contributed by atoms with Crippen molar-refractivity contribution in [3.05, 3.63) is 0 Å². The number of hydrogen-bond acceptors (Lipinski definition) is 1. The lowest BCUT2D eigenvalue weighted by Crippen LogP contribution is -2.30. The van der Waals surface area contributed by atoms with Gasteiger partial charge in [0.2, 0.25) is 0 Å². The van der Waals surface area contributed by atoms with Crippen LogP contribution in [0.15, 0.2) is 0 Å². The Bertz CT molecular complexity index is 109. The predicted octanol–water partition coefficient (Wildman–Crippen LogP) is 2.99. The summed E-state index contributed by atoms with van der Waals surface area (Å²) >= 11 is 0. The molecule has 1 heterocycles. The average molecular weight is 156 g/mol. The van der Waals surface area contributed by atoms with Gasteiger partial charge in [-0.15, -0.1) is 0 Å². The minimum Gasteiger partial charge on any atom is -0.375 e. The normalized spacial score (nSPS) is 32.7. The molecule has 0 radical (unpaired) electrons. The Labute approximate surface area is 70.1 Å². The third-order valence-electron chi connectivity index (χ3n) is 2.58. The largest absolute Gasteiger partial charge is 0.375 e. The molecule has 0 amide bonds. The Kier molecular flexibility index (Phi) is 3.38. The summed E-state index contributed by atoms with van der Waals surface area (Å²) in [5.41, 5.74) is 0. The molecule has 0 aromatic heterocycles. The number of hydrogen-bond donors (Lipinski definition) is 0. The minimum atomic E-state index is 0.536. The fourth-order valence-corrected chi connectivity index (χ4v) is 1.72. The lowest BCUT2D eigenvalue weighted by molar-refractivity contribution is -0.0714. The van der Waals surface area contributed by atoms with Crippen molar-refractivity contribution in [3.8, 4) is 0 Å². The van der Waals surface area contributed by atoms with Crippen LogP contribution in [-0.2, 0) is 4.74 Å². The maximum absolute atomic E-state index is 5.90. The molecule has 1 heteroatoms. The Morgan fingerprint density at radius 1 is 1.36 bits per heavy atom. The molecule has 1 nitrogen and oxygen atoms in total. The molecule has 0 aromatic rings. The molecule has 0 aromatic carbocycles. The van der Waals surface area contributed by atoms with E-state index in [9.17, 15) is 0 Å². The molecule has 1 fully saturated rings. The van der Waals surface area contributed by atoms with Gasteiger partial charge in [-0.2, -0.15) is 0 Å². The van der Waals surface area contributed by atoms with E-state index in [2.05, 4.69) is 20.8 Å². The molecule has 66 valence electrons. The average Bonchev–Trinajstić information content (AvgIpc) is 2.05. The first-order valence-electron chi connectivity index (χ1n) is 4.89. The van der Waals surface area contributed by atoms with Gasteiger partial charge >= 0.3 is 0 Å². The highest BCUT2D eigenvalue weighted by Gasteiger charge is 2.22. The molecule has 1 aliphatic heterocycles. The minimum absolute atomic E-state index is 0.536. The molecule has 1 saturated heterocycles. The van der Waals surface area contributed by atoms with Gasteiger partial charge < -0.3 is 4.74 Å². The summed E-state index contributed by atoms with van der Waals surface area (Å²) in [4.78, 5) is 0. The van der Waals surface area contributed by atoms with E-state index in [4.69, 9.17) is 4.74 Å². The Hall–Kier alpha value is -0.0400. The summed E-state index contributed by atoms with van der Waals surface area (Å²) in [5, 5.41) is 0. The van der Waals surface area contributed by atoms with E-state index in [0.717, 1.165) is 0 Å². The van der Waals surface area contributed by atoms with Gasteiger partial charge in [0.1, 0.15) is 0 Å². The zero-order valence-electron chi connectivity index (χ0n) is 7.97. The summed E-state index contributed by atoms with van der Waals surface area (Å²) < 4.78 is 5.90. The standard InChI is InChI=1S/C10H20O/c1-4-9-6-5-7-10(11-9)8(2)3/h8-10H,4-7H2,1-3H3. The van der Waals surface area contributed by atoms with Gasteiger partial charge in [-0.3, -0.25) is 0 Å². The van der Waals surface area contributed by atoms with Crippen LogP contribution in [0, 0.1) is 5.92 Å². The maximum Gasteiger partial charge on any atom is 0.0601 e. The van der Waals surface area contributed by atoms with Crippen molar-refractivity contribution in [2.24, 2.45) is 5.92 Å². The molecule has 0 aliphatic carbocycles. The molecular weight excluding hydrogens is 136 g/mol. The summed E-state index contributed by atoms with van der Waals surface area (Å²) in [6.45, 7) is 6.72. The van der Waals surface area contributed by atoms with Gasteiger partial charge in [0, 0.05) is 0 Å². The van der Waals surface area contributed by atoms with Crippen molar-refractivity contribution in [2.75, 3.05) is 0 Å². The summed E-state index contributed by atoms with van der Waals surface area (Å²) in [6.07, 6.45) is 6.18. The van der Waals surface area contributed by atoms with Crippen LogP contribution in [0.25, 0.3) is 0 Å². The SMILES string of the molecule is CCC1CCCC(C(C)C)O1. The van der Waals surface area contributed by atoms with Crippen LogP contribution >= 0.6 is 0 Å². The fourth-order valence-electron chi connectivity index (χ4n) is 1.72. The molecule has 0 spiro atoms. The molecule has 2 atom stereocenters. The second-order valence-corrected chi connectivity index (χ2v) is 3.88. The topological polar surface area (TPSA) is 9.23 Å². The molecule has 2 unspecified atom stereocenters. The molecule has 1 aliphatic rings. The van der Waals surface area contributed by atoms with Crippen LogP contribution < -0.4 is 0 Å². The summed E-state index contributed by atoms with van der Waals surface area (Å²) in [5.74, 6) is 0.698. The third kappa shape index (κ3) is 2.48. The van der Waals surface area contributed by atoms with Crippen molar-refractivity contribution in [1.29, 1.82) is 0 Å². The maximum atomic E-state index is 5.90. The van der Waals surface area contributed by atoms with Crippen molar-refractivity contribution >= 4 is 0 Å². The first-order valence-corrected chi connectivity index (χ1v) is 4.89. The summed E-state index contributed by atoms with van der Waals surface area (Å²) in [6, 6.07) is 0. The quantitative estimate of drug-likeness (QED) is 0.597. The highest BCUT2D eigenvalue weighted by molar-refractivity contribution is 4.72. The first-order chi connectivity index (χ1) is 5.24. The van der Waals surface area contributed by atoms with Crippen molar-refractivity contribution in [1.82, 2.24) is 0 Å². The van der Waals surface area contributed by atoms with Gasteiger partial charge in [0.15, 0.2) is 0 Å². The Morgan fingerprint density at radius 3 is 2.64 bits per heavy atom. The van der Waals surface area contributed by atoms with E-state index in [0.29, 0.717) is 18.1 Å². The van der Waals surface area contributed by atoms with Crippen LogP contribution in [0.3, 0.4) is 0 Å². The monoisotopic (exact) mass is 156 g/mol. The Balaban J connectivity index is 2.33. The van der Waals surface area contributed by atoms with E-state index in [-0.39, 0.29) is 0 Å². The van der Waals surface area contributed by atoms with Crippen LogP contribution in [0.1, 0.15) is 46.5 Å². The zero-order chi connectivity index (χ0) is 8.27. The van der Waals surface area contributed by atoms with E-state index >= 15 is 0 Å². The van der Waals surface area contributed by atoms with E-state index in [1.165, 1.54) is 25.7 Å². The second-order valence-electron chi connectivity index (χ2n) is 3.88. The predicted molar refractivity (Wildman–Crippen MR) is 47.6 cm³/mol. The van der Waals surface area contributed by atoms with Crippen LogP contribution in [0.4, 0.5) is 0 Å². The lowest BCUT2D eigenvalue weighted by atomic mass is 9.95. The van der Waals surface area contributed by atoms with Gasteiger partial charge in [0.05, 0.1) is 12.2 Å². The molecule has 0 bridgehead atoms. The molecule has 11 heavy (non-hydrogen) atoms. The third-order valence-corrected chi connectivity index (χ3v) is 2.58. The van der Waals surface area contributed by atoms with E-state index < -0.39 is 0 Å². The highest BCUT2D eigenvalue weighted by Crippen LogP contribution is 2.25. The van der Waals surface area contributed by atoms with Crippen LogP contribution in [0.2, 0.25) is 0 Å². The van der Waals surface area contributed by atoms with Gasteiger partial charge in [-0.25, -0.2) is 0 Å². The van der Waals surface area contributed by atoms with Gasteiger partial charge in [-0.1, -0.05) is 20.8 Å². The molecule has 0 saturated carbocycles. The van der Waals surface area contributed by atoms with Crippen molar-refractivity contribution < 1.29 is 4.74 Å². The smallest absolute Gasteiger partial charge is 0.0601 e. The summed E-state index contributed by atoms with van der Waals surface area (Å²) in [7, 11) is 0. The second kappa shape index (κ2) is 4.10. The number of rotatable bonds is 2. The van der Waals surface area contributed by atoms with E-state index in [1.54, 1.807) is 0 Å². The molecule has 1 rings (SSSR count). The zero-order valence-corrected chi connectivity index (χ0v) is 7.97. The molecular formula is C10H20O. The van der Waals surface area contributed by atoms with Crippen LogP contribution in [-0.4, -0.2) is 12.2 Å². The van der Waals surface area contributed by atoms with Gasteiger partial charge in [0.25, 0.3) is 0 Å². The lowest BCUT2D eigenvalue weighted by Gasteiger charge is -2.31. The fraction of sp³-hybridized carbons (Fsp3) is 1.00. The highest BCUT2D eigenvalue weighted by atomic mass is 16.5. The Morgan fingerprint density at radius 2 is 2.09 bits per heavy atom. The van der Waals surface area contributed by atoms with E-state index in [1.807, 2.05) is 0 Å². The van der Waals surface area contributed by atoms with Crippen molar-refractivity contribution in [2.45, 2.75) is 58.7 Å². The molecule has 0 N–H and O–H groups in total.